The van der Waals surface area contributed by atoms with Crippen molar-refractivity contribution in [1.29, 1.82) is 0 Å². The molecule has 0 aliphatic heterocycles. The second-order valence-electron chi connectivity index (χ2n) is 5.20. The molecule has 0 saturated carbocycles. The Morgan fingerprint density at radius 1 is 1.23 bits per heavy atom. The van der Waals surface area contributed by atoms with Gasteiger partial charge in [0, 0.05) is 45.1 Å². The summed E-state index contributed by atoms with van der Waals surface area (Å²) in [5.41, 5.74) is 2.23. The molecule has 0 fully saturated rings. The molecule has 0 radical (unpaired) electrons. The Balaban J connectivity index is 1.75. The summed E-state index contributed by atoms with van der Waals surface area (Å²) in [4.78, 5) is 27.8. The van der Waals surface area contributed by atoms with Crippen LogP contribution < -0.4 is 11.0 Å². The van der Waals surface area contributed by atoms with Crippen LogP contribution in [0, 0.1) is 0 Å². The molecule has 1 amide bonds. The van der Waals surface area contributed by atoms with E-state index in [1.54, 1.807) is 41.8 Å². The van der Waals surface area contributed by atoms with Gasteiger partial charge in [-0.05, 0) is 18.2 Å². The van der Waals surface area contributed by atoms with Gasteiger partial charge in [-0.25, -0.2) is 9.78 Å². The zero-order chi connectivity index (χ0) is 15.7. The lowest BCUT2D eigenvalue weighted by molar-refractivity contribution is -0.116. The fraction of sp³-hybridized carbons (Fsp3) is 0.267. The Morgan fingerprint density at radius 3 is 2.73 bits per heavy atom. The van der Waals surface area contributed by atoms with Crippen molar-refractivity contribution in [2.24, 2.45) is 14.1 Å². The Labute approximate surface area is 126 Å². The van der Waals surface area contributed by atoms with Gasteiger partial charge in [-0.3, -0.25) is 13.9 Å². The average Bonchev–Trinajstić information content (AvgIpc) is 3.10. The van der Waals surface area contributed by atoms with E-state index in [1.807, 2.05) is 22.9 Å². The van der Waals surface area contributed by atoms with E-state index in [0.29, 0.717) is 18.7 Å². The predicted octanol–water partition coefficient (Wildman–Crippen LogP) is 1.10. The normalized spacial score (nSPS) is 11.0. The van der Waals surface area contributed by atoms with Crippen molar-refractivity contribution in [2.75, 3.05) is 5.32 Å². The van der Waals surface area contributed by atoms with Crippen LogP contribution in [-0.4, -0.2) is 24.6 Å². The van der Waals surface area contributed by atoms with Gasteiger partial charge >= 0.3 is 5.69 Å². The van der Waals surface area contributed by atoms with Gasteiger partial charge in [0.25, 0.3) is 0 Å². The molecule has 0 bridgehead atoms. The van der Waals surface area contributed by atoms with Crippen molar-refractivity contribution < 1.29 is 4.79 Å². The van der Waals surface area contributed by atoms with Crippen LogP contribution in [0.2, 0.25) is 0 Å². The molecule has 0 aliphatic carbocycles. The zero-order valence-corrected chi connectivity index (χ0v) is 12.5. The number of carbonyl (C=O) groups excluding carboxylic acids is 1. The van der Waals surface area contributed by atoms with Crippen LogP contribution in [0.25, 0.3) is 11.0 Å². The van der Waals surface area contributed by atoms with Gasteiger partial charge in [0.2, 0.25) is 5.91 Å². The molecular weight excluding hydrogens is 282 g/mol. The highest BCUT2D eigenvalue weighted by molar-refractivity contribution is 5.93. The second kappa shape index (κ2) is 5.51. The molecule has 7 nitrogen and oxygen atoms in total. The van der Waals surface area contributed by atoms with Crippen molar-refractivity contribution in [3.8, 4) is 0 Å². The number of nitrogens with one attached hydrogen (secondary N) is 1. The third-order valence-corrected chi connectivity index (χ3v) is 3.71. The minimum atomic E-state index is -0.0846. The topological polar surface area (TPSA) is 73.8 Å². The Kier molecular flexibility index (Phi) is 3.54. The molecule has 7 heteroatoms. The van der Waals surface area contributed by atoms with E-state index < -0.39 is 0 Å². The number of fused-ring (bicyclic) bond motifs is 1. The van der Waals surface area contributed by atoms with Gasteiger partial charge in [0.15, 0.2) is 0 Å². The van der Waals surface area contributed by atoms with Crippen molar-refractivity contribution >= 4 is 22.6 Å². The second-order valence-corrected chi connectivity index (χ2v) is 5.20. The maximum Gasteiger partial charge on any atom is 0.328 e. The zero-order valence-electron chi connectivity index (χ0n) is 12.5. The molecule has 0 unspecified atom stereocenters. The summed E-state index contributed by atoms with van der Waals surface area (Å²) in [6, 6.07) is 5.45. The van der Waals surface area contributed by atoms with Crippen LogP contribution in [0.15, 0.2) is 41.7 Å². The first-order valence-electron chi connectivity index (χ1n) is 6.97. The van der Waals surface area contributed by atoms with E-state index in [1.165, 1.54) is 0 Å². The number of aromatic nitrogens is 4. The number of rotatable bonds is 4. The van der Waals surface area contributed by atoms with Gasteiger partial charge < -0.3 is 9.88 Å². The highest BCUT2D eigenvalue weighted by Crippen LogP contribution is 2.17. The van der Waals surface area contributed by atoms with Crippen LogP contribution >= 0.6 is 0 Å². The highest BCUT2D eigenvalue weighted by Gasteiger charge is 2.09. The molecule has 2 heterocycles. The summed E-state index contributed by atoms with van der Waals surface area (Å²) >= 11 is 0. The molecule has 1 N–H and O–H groups in total. The van der Waals surface area contributed by atoms with E-state index in [9.17, 15) is 9.59 Å². The maximum atomic E-state index is 12.0. The quantitative estimate of drug-likeness (QED) is 0.784. The van der Waals surface area contributed by atoms with Crippen LogP contribution in [-0.2, 0) is 25.4 Å². The minimum Gasteiger partial charge on any atom is -0.337 e. The number of carbonyl (C=O) groups is 1. The molecule has 114 valence electrons. The summed E-state index contributed by atoms with van der Waals surface area (Å²) in [5.74, 6) is -0.0750. The van der Waals surface area contributed by atoms with Crippen molar-refractivity contribution in [3.63, 3.8) is 0 Å². The molecule has 3 aromatic rings. The monoisotopic (exact) mass is 299 g/mol. The van der Waals surface area contributed by atoms with E-state index >= 15 is 0 Å². The maximum absolute atomic E-state index is 12.0. The number of nitrogens with zero attached hydrogens (tertiary/aromatic N) is 4. The summed E-state index contributed by atoms with van der Waals surface area (Å²) in [7, 11) is 3.45. The first kappa shape index (κ1) is 14.1. The van der Waals surface area contributed by atoms with Crippen LogP contribution in [0.4, 0.5) is 5.69 Å². The smallest absolute Gasteiger partial charge is 0.328 e. The predicted molar refractivity (Wildman–Crippen MR) is 83.6 cm³/mol. The summed E-state index contributed by atoms with van der Waals surface area (Å²) in [5, 5.41) is 2.86. The summed E-state index contributed by atoms with van der Waals surface area (Å²) < 4.78 is 5.00. The molecule has 1 aromatic carbocycles. The molecule has 3 rings (SSSR count). The average molecular weight is 299 g/mol. The lowest BCUT2D eigenvalue weighted by atomic mass is 10.2. The molecule has 0 spiro atoms. The van der Waals surface area contributed by atoms with E-state index in [4.69, 9.17) is 0 Å². The lowest BCUT2D eigenvalue weighted by Gasteiger charge is -2.06. The van der Waals surface area contributed by atoms with Gasteiger partial charge in [0.1, 0.15) is 0 Å². The largest absolute Gasteiger partial charge is 0.337 e. The number of anilines is 1. The Bertz CT molecular complexity index is 873. The van der Waals surface area contributed by atoms with Crippen molar-refractivity contribution in [3.05, 3.63) is 47.4 Å². The standard InChI is InChI=1S/C15H17N5O2/c1-18-12-4-3-11(9-13(12)19(2)15(18)22)17-14(21)5-7-20-8-6-16-10-20/h3-4,6,8-10H,5,7H2,1-2H3,(H,17,21). The molecule has 2 aromatic heterocycles. The van der Waals surface area contributed by atoms with Crippen molar-refractivity contribution in [2.45, 2.75) is 13.0 Å². The summed E-state index contributed by atoms with van der Waals surface area (Å²) in [6.07, 6.45) is 5.54. The number of hydrogen-bond acceptors (Lipinski definition) is 3. The number of imidazole rings is 2. The number of hydrogen-bond donors (Lipinski definition) is 1. The third-order valence-electron chi connectivity index (χ3n) is 3.71. The number of aryl methyl sites for hydroxylation is 3. The highest BCUT2D eigenvalue weighted by atomic mass is 16.2. The SMILES string of the molecule is Cn1c(=O)n(C)c2cc(NC(=O)CCn3ccnc3)ccc21. The van der Waals surface area contributed by atoms with Crippen LogP contribution in [0.5, 0.6) is 0 Å². The van der Waals surface area contributed by atoms with Crippen molar-refractivity contribution in [1.82, 2.24) is 18.7 Å². The first-order valence-corrected chi connectivity index (χ1v) is 6.97. The Morgan fingerprint density at radius 2 is 2.00 bits per heavy atom. The van der Waals surface area contributed by atoms with Gasteiger partial charge in [-0.1, -0.05) is 0 Å². The number of benzene rings is 1. The van der Waals surface area contributed by atoms with Gasteiger partial charge in [-0.15, -0.1) is 0 Å². The third kappa shape index (κ3) is 2.52. The van der Waals surface area contributed by atoms with Gasteiger partial charge in [-0.2, -0.15) is 0 Å². The molecule has 0 atom stereocenters. The summed E-state index contributed by atoms with van der Waals surface area (Å²) in [6.45, 7) is 0.581. The molecular formula is C15H17N5O2. The fourth-order valence-corrected chi connectivity index (χ4v) is 2.46. The van der Waals surface area contributed by atoms with E-state index in [2.05, 4.69) is 10.3 Å². The van der Waals surface area contributed by atoms with Crippen LogP contribution in [0.3, 0.4) is 0 Å². The van der Waals surface area contributed by atoms with Crippen LogP contribution in [0.1, 0.15) is 6.42 Å². The molecule has 22 heavy (non-hydrogen) atoms. The molecule has 0 saturated heterocycles. The van der Waals surface area contributed by atoms with E-state index in [0.717, 1.165) is 11.0 Å². The van der Waals surface area contributed by atoms with E-state index in [-0.39, 0.29) is 11.6 Å². The number of amides is 1. The first-order chi connectivity index (χ1) is 10.6. The fourth-order valence-electron chi connectivity index (χ4n) is 2.46. The lowest BCUT2D eigenvalue weighted by Crippen LogP contribution is -2.19. The minimum absolute atomic E-state index is 0.0750. The Hall–Kier alpha value is -2.83. The van der Waals surface area contributed by atoms with Gasteiger partial charge in [0.05, 0.1) is 17.4 Å². The molecule has 0 aliphatic rings.